The lowest BCUT2D eigenvalue weighted by molar-refractivity contribution is -0.117. The van der Waals surface area contributed by atoms with Gasteiger partial charge < -0.3 is 4.90 Å². The number of carbonyl (C=O) groups is 1. The van der Waals surface area contributed by atoms with Crippen LogP contribution in [0.25, 0.3) is 0 Å². The van der Waals surface area contributed by atoms with Gasteiger partial charge >= 0.3 is 0 Å². The molecule has 2 rings (SSSR count). The largest absolute Gasteiger partial charge is 0.309 e. The van der Waals surface area contributed by atoms with Crippen LogP contribution >= 0.6 is 11.6 Å². The third-order valence-corrected chi connectivity index (χ3v) is 2.76. The van der Waals surface area contributed by atoms with Crippen LogP contribution in [0.15, 0.2) is 18.2 Å². The van der Waals surface area contributed by atoms with Gasteiger partial charge in [-0.3, -0.25) is 4.79 Å². The van der Waals surface area contributed by atoms with Crippen molar-refractivity contribution >= 4 is 23.2 Å². The number of nitrogens with zero attached hydrogens (tertiary/aromatic N) is 2. The fraction of sp³-hybridized carbons (Fsp3) is 0.273. The minimum absolute atomic E-state index is 0.110. The molecule has 1 fully saturated rings. The number of carbonyl (C=O) groups excluding carboxylic acids is 1. The lowest BCUT2D eigenvalue weighted by Crippen LogP contribution is -2.25. The van der Waals surface area contributed by atoms with Gasteiger partial charge in [-0.15, -0.1) is 11.6 Å². The third-order valence-electron chi connectivity index (χ3n) is 2.47. The molecule has 1 atom stereocenters. The van der Waals surface area contributed by atoms with Crippen LogP contribution in [0, 0.1) is 17.1 Å². The van der Waals surface area contributed by atoms with Gasteiger partial charge in [-0.1, -0.05) is 6.07 Å². The summed E-state index contributed by atoms with van der Waals surface area (Å²) in [6, 6.07) is 5.98. The maximum atomic E-state index is 13.3. The average Bonchev–Trinajstić information content (AvgIpc) is 2.57. The Balaban J connectivity index is 2.45. The highest BCUT2D eigenvalue weighted by atomic mass is 35.5. The van der Waals surface area contributed by atoms with Crippen molar-refractivity contribution in [2.24, 2.45) is 0 Å². The van der Waals surface area contributed by atoms with Crippen LogP contribution in [0.4, 0.5) is 10.1 Å². The fourth-order valence-electron chi connectivity index (χ4n) is 1.75. The van der Waals surface area contributed by atoms with Crippen molar-refractivity contribution in [2.45, 2.75) is 11.8 Å². The van der Waals surface area contributed by atoms with Crippen molar-refractivity contribution in [1.29, 1.82) is 5.26 Å². The molecule has 0 aliphatic carbocycles. The molecule has 0 aromatic heterocycles. The number of alkyl halides is 1. The first kappa shape index (κ1) is 10.9. The second-order valence-corrected chi connectivity index (χ2v) is 4.17. The number of nitriles is 1. The van der Waals surface area contributed by atoms with Crippen LogP contribution in [0.2, 0.25) is 0 Å². The van der Waals surface area contributed by atoms with Gasteiger partial charge in [-0.2, -0.15) is 5.26 Å². The number of benzene rings is 1. The lowest BCUT2D eigenvalue weighted by atomic mass is 10.1. The van der Waals surface area contributed by atoms with Gasteiger partial charge in [0.05, 0.1) is 11.1 Å². The number of anilines is 1. The molecule has 0 spiro atoms. The molecule has 1 amide bonds. The van der Waals surface area contributed by atoms with E-state index in [1.54, 1.807) is 12.1 Å². The Hall–Kier alpha value is -1.60. The molecule has 0 saturated carbocycles. The topological polar surface area (TPSA) is 44.1 Å². The van der Waals surface area contributed by atoms with Gasteiger partial charge in [0, 0.05) is 13.0 Å². The number of hydrogen-bond acceptors (Lipinski definition) is 2. The first-order valence-electron chi connectivity index (χ1n) is 4.76. The fourth-order valence-corrected chi connectivity index (χ4v) is 2.02. The summed E-state index contributed by atoms with van der Waals surface area (Å²) in [5.74, 6) is -0.798. The Labute approximate surface area is 97.0 Å². The average molecular weight is 239 g/mol. The molecule has 1 heterocycles. The zero-order valence-electron chi connectivity index (χ0n) is 8.28. The lowest BCUT2D eigenvalue weighted by Gasteiger charge is -2.17. The maximum Gasteiger partial charge on any atom is 0.228 e. The molecule has 1 aliphatic rings. The second-order valence-electron chi connectivity index (χ2n) is 3.55. The van der Waals surface area contributed by atoms with Crippen molar-refractivity contribution in [2.75, 3.05) is 11.4 Å². The standard InChI is InChI=1S/C11H8ClFN2O/c12-7-4-11(16)15(6-7)10-3-1-2-9(13)8(10)5-14/h1-3,7H,4,6H2. The monoisotopic (exact) mass is 238 g/mol. The number of halogens is 2. The number of amides is 1. The minimum Gasteiger partial charge on any atom is -0.309 e. The Morgan fingerprint density at radius 1 is 1.56 bits per heavy atom. The summed E-state index contributed by atoms with van der Waals surface area (Å²) >= 11 is 5.85. The van der Waals surface area contributed by atoms with E-state index in [2.05, 4.69) is 0 Å². The van der Waals surface area contributed by atoms with Crippen LogP contribution in [-0.2, 0) is 4.79 Å². The smallest absolute Gasteiger partial charge is 0.228 e. The Kier molecular flexibility index (Phi) is 2.80. The van der Waals surface area contributed by atoms with Crippen molar-refractivity contribution in [3.63, 3.8) is 0 Å². The van der Waals surface area contributed by atoms with E-state index in [4.69, 9.17) is 16.9 Å². The Morgan fingerprint density at radius 2 is 2.31 bits per heavy atom. The second kappa shape index (κ2) is 4.11. The first-order valence-corrected chi connectivity index (χ1v) is 5.20. The highest BCUT2D eigenvalue weighted by Gasteiger charge is 2.31. The summed E-state index contributed by atoms with van der Waals surface area (Å²) in [6.07, 6.45) is 0.225. The van der Waals surface area contributed by atoms with E-state index in [1.807, 2.05) is 0 Å². The SMILES string of the molecule is N#Cc1c(F)cccc1N1CC(Cl)CC1=O. The molecule has 1 unspecified atom stereocenters. The van der Waals surface area contributed by atoms with Gasteiger partial charge in [0.1, 0.15) is 17.4 Å². The molecule has 5 heteroatoms. The van der Waals surface area contributed by atoms with Crippen LogP contribution in [0.1, 0.15) is 12.0 Å². The molecule has 1 saturated heterocycles. The summed E-state index contributed by atoms with van der Waals surface area (Å²) in [4.78, 5) is 12.9. The zero-order chi connectivity index (χ0) is 11.7. The summed E-state index contributed by atoms with van der Waals surface area (Å²) in [6.45, 7) is 0.318. The highest BCUT2D eigenvalue weighted by molar-refractivity contribution is 6.24. The number of hydrogen-bond donors (Lipinski definition) is 0. The first-order chi connectivity index (χ1) is 7.63. The molecular formula is C11H8ClFN2O. The third kappa shape index (κ3) is 1.74. The van der Waals surface area contributed by atoms with E-state index in [0.717, 1.165) is 0 Å². The molecular weight excluding hydrogens is 231 g/mol. The van der Waals surface area contributed by atoms with E-state index in [-0.39, 0.29) is 23.3 Å². The zero-order valence-corrected chi connectivity index (χ0v) is 9.04. The highest BCUT2D eigenvalue weighted by Crippen LogP contribution is 2.28. The molecule has 0 radical (unpaired) electrons. The molecule has 0 N–H and O–H groups in total. The van der Waals surface area contributed by atoms with E-state index in [0.29, 0.717) is 12.2 Å². The van der Waals surface area contributed by atoms with E-state index in [1.165, 1.54) is 17.0 Å². The van der Waals surface area contributed by atoms with Crippen LogP contribution in [-0.4, -0.2) is 17.8 Å². The van der Waals surface area contributed by atoms with E-state index >= 15 is 0 Å². The van der Waals surface area contributed by atoms with E-state index in [9.17, 15) is 9.18 Å². The molecule has 1 aliphatic heterocycles. The molecule has 82 valence electrons. The Morgan fingerprint density at radius 3 is 2.88 bits per heavy atom. The Bertz CT molecular complexity index is 483. The maximum absolute atomic E-state index is 13.3. The molecule has 1 aromatic rings. The van der Waals surface area contributed by atoms with Crippen molar-refractivity contribution in [1.82, 2.24) is 0 Å². The van der Waals surface area contributed by atoms with Crippen LogP contribution in [0.3, 0.4) is 0 Å². The predicted octanol–water partition coefficient (Wildman–Crippen LogP) is 2.04. The van der Waals surface area contributed by atoms with Gasteiger partial charge in [0.25, 0.3) is 0 Å². The van der Waals surface area contributed by atoms with Crippen molar-refractivity contribution in [3.05, 3.63) is 29.6 Å². The van der Waals surface area contributed by atoms with Crippen LogP contribution in [0.5, 0.6) is 0 Å². The summed E-state index contributed by atoms with van der Waals surface area (Å²) in [5.41, 5.74) is 0.192. The summed E-state index contributed by atoms with van der Waals surface area (Å²) in [7, 11) is 0. The minimum atomic E-state index is -0.620. The summed E-state index contributed by atoms with van der Waals surface area (Å²) in [5, 5.41) is 8.58. The summed E-state index contributed by atoms with van der Waals surface area (Å²) < 4.78 is 13.3. The van der Waals surface area contributed by atoms with Gasteiger partial charge in [-0.05, 0) is 12.1 Å². The molecule has 3 nitrogen and oxygen atoms in total. The predicted molar refractivity (Wildman–Crippen MR) is 57.7 cm³/mol. The molecule has 16 heavy (non-hydrogen) atoms. The normalized spacial score (nSPS) is 19.9. The quantitative estimate of drug-likeness (QED) is 0.703. The van der Waals surface area contributed by atoms with E-state index < -0.39 is 5.82 Å². The van der Waals surface area contributed by atoms with Gasteiger partial charge in [0.15, 0.2) is 0 Å². The van der Waals surface area contributed by atoms with Gasteiger partial charge in [-0.25, -0.2) is 4.39 Å². The molecule has 0 bridgehead atoms. The van der Waals surface area contributed by atoms with Gasteiger partial charge in [0.2, 0.25) is 5.91 Å². The molecule has 1 aromatic carbocycles. The van der Waals surface area contributed by atoms with Crippen molar-refractivity contribution in [3.8, 4) is 6.07 Å². The van der Waals surface area contributed by atoms with Crippen LogP contribution < -0.4 is 4.90 Å². The van der Waals surface area contributed by atoms with Crippen molar-refractivity contribution < 1.29 is 9.18 Å². The number of rotatable bonds is 1.